The van der Waals surface area contributed by atoms with Gasteiger partial charge in [-0.3, -0.25) is 0 Å². The van der Waals surface area contributed by atoms with E-state index in [1.54, 1.807) is 0 Å². The summed E-state index contributed by atoms with van der Waals surface area (Å²) < 4.78 is 13.2. The molecule has 1 N–H and O–H groups in total. The van der Waals surface area contributed by atoms with Crippen molar-refractivity contribution < 1.29 is 14.6 Å². The van der Waals surface area contributed by atoms with Gasteiger partial charge in [0, 0.05) is 19.1 Å². The number of aliphatic hydroxyl groups excluding tert-OH is 1. The van der Waals surface area contributed by atoms with Gasteiger partial charge in [0.15, 0.2) is 5.82 Å². The Balaban J connectivity index is 1.60. The number of aromatic nitrogens is 3. The van der Waals surface area contributed by atoms with Crippen molar-refractivity contribution in [2.45, 2.75) is 37.6 Å². The van der Waals surface area contributed by atoms with Crippen molar-refractivity contribution in [1.29, 1.82) is 0 Å². The number of fused-ring (bicyclic) bond motifs is 1. The van der Waals surface area contributed by atoms with Crippen LogP contribution in [0.2, 0.25) is 0 Å². The van der Waals surface area contributed by atoms with Gasteiger partial charge in [0.05, 0.1) is 25.7 Å². The van der Waals surface area contributed by atoms with Gasteiger partial charge in [-0.25, -0.2) is 9.67 Å². The van der Waals surface area contributed by atoms with Gasteiger partial charge in [-0.2, -0.15) is 5.10 Å². The van der Waals surface area contributed by atoms with Crippen LogP contribution in [0.4, 0.5) is 0 Å². The number of hydrogen-bond acceptors (Lipinski definition) is 5. The second kappa shape index (κ2) is 6.91. The molecule has 1 atom stereocenters. The monoisotopic (exact) mass is 329 g/mol. The van der Waals surface area contributed by atoms with Crippen molar-refractivity contribution in [2.24, 2.45) is 0 Å². The van der Waals surface area contributed by atoms with Crippen molar-refractivity contribution in [3.05, 3.63) is 41.5 Å². The largest absolute Gasteiger partial charge is 0.493 e. The number of ether oxygens (including phenoxy) is 2. The van der Waals surface area contributed by atoms with Crippen molar-refractivity contribution in [2.75, 3.05) is 26.4 Å². The second-order valence-corrected chi connectivity index (χ2v) is 6.48. The summed E-state index contributed by atoms with van der Waals surface area (Å²) in [5.74, 6) is 3.31. The molecule has 1 fully saturated rings. The molecule has 1 aromatic carbocycles. The van der Waals surface area contributed by atoms with Gasteiger partial charge in [0.2, 0.25) is 0 Å². The maximum Gasteiger partial charge on any atom is 0.154 e. The fourth-order valence-electron chi connectivity index (χ4n) is 3.56. The fourth-order valence-corrected chi connectivity index (χ4v) is 3.56. The first-order valence-electron chi connectivity index (χ1n) is 8.69. The molecule has 2 aliphatic rings. The maximum absolute atomic E-state index is 9.38. The topological polar surface area (TPSA) is 69.4 Å². The molecule has 0 radical (unpaired) electrons. The molecule has 4 rings (SSSR count). The highest BCUT2D eigenvalue weighted by Crippen LogP contribution is 2.33. The average Bonchev–Trinajstić information content (AvgIpc) is 3.06. The quantitative estimate of drug-likeness (QED) is 0.927. The Bertz CT molecular complexity index is 695. The highest BCUT2D eigenvalue weighted by molar-refractivity contribution is 5.36. The summed E-state index contributed by atoms with van der Waals surface area (Å²) in [5.41, 5.74) is 1.21. The minimum atomic E-state index is 0.0632. The molecular formula is C18H23N3O3. The number of para-hydroxylation sites is 1. The highest BCUT2D eigenvalue weighted by atomic mass is 16.5. The first-order valence-corrected chi connectivity index (χ1v) is 8.69. The first kappa shape index (κ1) is 15.6. The number of benzene rings is 1. The van der Waals surface area contributed by atoms with Gasteiger partial charge in [0.1, 0.15) is 11.6 Å². The Labute approximate surface area is 141 Å². The number of nitrogens with zero attached hydrogens (tertiary/aromatic N) is 3. The molecule has 2 aromatic rings. The summed E-state index contributed by atoms with van der Waals surface area (Å²) in [5, 5.41) is 14.1. The Hall–Kier alpha value is -1.92. The molecule has 128 valence electrons. The van der Waals surface area contributed by atoms with Crippen LogP contribution in [0.3, 0.4) is 0 Å². The van der Waals surface area contributed by atoms with Crippen LogP contribution < -0.4 is 4.74 Å². The third kappa shape index (κ3) is 3.03. The van der Waals surface area contributed by atoms with E-state index < -0.39 is 0 Å². The molecule has 0 amide bonds. The van der Waals surface area contributed by atoms with Crippen LogP contribution in [0.5, 0.6) is 5.75 Å². The summed E-state index contributed by atoms with van der Waals surface area (Å²) in [6.45, 7) is 2.69. The Morgan fingerprint density at radius 2 is 2.00 bits per heavy atom. The molecule has 0 bridgehead atoms. The van der Waals surface area contributed by atoms with Gasteiger partial charge < -0.3 is 14.6 Å². The van der Waals surface area contributed by atoms with Crippen LogP contribution in [0.25, 0.3) is 0 Å². The lowest BCUT2D eigenvalue weighted by atomic mass is 9.96. The first-order chi connectivity index (χ1) is 11.8. The zero-order valence-electron chi connectivity index (χ0n) is 13.7. The van der Waals surface area contributed by atoms with Gasteiger partial charge in [-0.1, -0.05) is 18.2 Å². The van der Waals surface area contributed by atoms with E-state index in [9.17, 15) is 5.11 Å². The number of aliphatic hydroxyl groups is 1. The van der Waals surface area contributed by atoms with E-state index in [-0.39, 0.29) is 12.5 Å². The molecule has 1 aromatic heterocycles. The lowest BCUT2D eigenvalue weighted by Crippen LogP contribution is -2.23. The van der Waals surface area contributed by atoms with Gasteiger partial charge >= 0.3 is 0 Å². The summed E-state index contributed by atoms with van der Waals surface area (Å²) in [6.07, 6.45) is 2.83. The van der Waals surface area contributed by atoms with Crippen LogP contribution in [-0.4, -0.2) is 46.3 Å². The molecule has 3 heterocycles. The van der Waals surface area contributed by atoms with E-state index in [1.807, 2.05) is 22.9 Å². The van der Waals surface area contributed by atoms with E-state index in [4.69, 9.17) is 14.5 Å². The minimum Gasteiger partial charge on any atom is -0.493 e. The predicted molar refractivity (Wildman–Crippen MR) is 88.3 cm³/mol. The van der Waals surface area contributed by atoms with Gasteiger partial charge in [-0.05, 0) is 30.9 Å². The summed E-state index contributed by atoms with van der Waals surface area (Å²) in [4.78, 5) is 4.85. The molecule has 6 nitrogen and oxygen atoms in total. The lowest BCUT2D eigenvalue weighted by molar-refractivity contribution is 0.0835. The molecule has 0 aliphatic carbocycles. The fraction of sp³-hybridized carbons (Fsp3) is 0.556. The van der Waals surface area contributed by atoms with Crippen molar-refractivity contribution in [1.82, 2.24) is 14.8 Å². The molecule has 0 unspecified atom stereocenters. The van der Waals surface area contributed by atoms with Crippen molar-refractivity contribution in [3.63, 3.8) is 0 Å². The molecular weight excluding hydrogens is 306 g/mol. The Kier molecular flexibility index (Phi) is 4.49. The van der Waals surface area contributed by atoms with E-state index in [0.717, 1.165) is 49.9 Å². The van der Waals surface area contributed by atoms with Crippen LogP contribution in [0.1, 0.15) is 41.9 Å². The summed E-state index contributed by atoms with van der Waals surface area (Å²) >= 11 is 0. The predicted octanol–water partition coefficient (Wildman–Crippen LogP) is 1.88. The van der Waals surface area contributed by atoms with E-state index in [1.165, 1.54) is 5.56 Å². The zero-order chi connectivity index (χ0) is 16.4. The number of rotatable bonds is 4. The smallest absolute Gasteiger partial charge is 0.154 e. The maximum atomic E-state index is 9.38. The summed E-state index contributed by atoms with van der Waals surface area (Å²) in [6, 6.07) is 8.15. The third-order valence-corrected chi connectivity index (χ3v) is 4.86. The van der Waals surface area contributed by atoms with Gasteiger partial charge in [0.25, 0.3) is 0 Å². The third-order valence-electron chi connectivity index (χ3n) is 4.86. The van der Waals surface area contributed by atoms with Crippen LogP contribution in [-0.2, 0) is 17.7 Å². The standard InChI is InChI=1S/C18H23N3O3/c22-8-7-21-18(19-17(20-21)13-5-9-23-10-6-13)15-11-14-3-1-2-4-16(14)24-12-15/h1-4,13,15,22H,5-12H2/t15-/m0/s1. The Morgan fingerprint density at radius 1 is 1.17 bits per heavy atom. The molecule has 6 heteroatoms. The van der Waals surface area contributed by atoms with Gasteiger partial charge in [-0.15, -0.1) is 0 Å². The van der Waals surface area contributed by atoms with Crippen molar-refractivity contribution in [3.8, 4) is 5.75 Å². The van der Waals surface area contributed by atoms with Crippen LogP contribution in [0, 0.1) is 0 Å². The average molecular weight is 329 g/mol. The van der Waals surface area contributed by atoms with Crippen LogP contribution in [0.15, 0.2) is 24.3 Å². The summed E-state index contributed by atoms with van der Waals surface area (Å²) in [7, 11) is 0. The zero-order valence-corrected chi connectivity index (χ0v) is 13.7. The highest BCUT2D eigenvalue weighted by Gasteiger charge is 2.28. The number of hydrogen-bond donors (Lipinski definition) is 1. The second-order valence-electron chi connectivity index (χ2n) is 6.48. The molecule has 0 saturated carbocycles. The van der Waals surface area contributed by atoms with Crippen molar-refractivity contribution >= 4 is 0 Å². The Morgan fingerprint density at radius 3 is 2.83 bits per heavy atom. The van der Waals surface area contributed by atoms with Crippen LogP contribution >= 0.6 is 0 Å². The molecule has 0 spiro atoms. The lowest BCUT2D eigenvalue weighted by Gasteiger charge is -2.24. The molecule has 2 aliphatic heterocycles. The SMILES string of the molecule is OCCn1nc(C2CCOCC2)nc1[C@@H]1COc2ccccc2C1. The van der Waals surface area contributed by atoms with E-state index >= 15 is 0 Å². The van der Waals surface area contributed by atoms with E-state index in [2.05, 4.69) is 11.2 Å². The molecule has 1 saturated heterocycles. The van der Waals surface area contributed by atoms with E-state index in [0.29, 0.717) is 19.1 Å². The molecule has 24 heavy (non-hydrogen) atoms. The normalized spacial score (nSPS) is 21.3. The minimum absolute atomic E-state index is 0.0632.